The highest BCUT2D eigenvalue weighted by atomic mass is 16.5. The number of carbonyl (C=O) groups is 1. The maximum Gasteiger partial charge on any atom is 0.344 e. The molecule has 0 saturated heterocycles. The monoisotopic (exact) mass is 368 g/mol. The highest BCUT2D eigenvalue weighted by Gasteiger charge is 2.16. The molecular weight excluding hydrogens is 348 g/mol. The standard InChI is InChI=1S/C19H20N4O4/c1-13(19(24)25)26-16-8-4-3-6-15(16)11-23(2)12-17-21-18(22-27-17)14-7-5-9-20-10-14/h3-10,13H,11-12H2,1-2H3,(H,24,25)/t13-/m1/s1. The summed E-state index contributed by atoms with van der Waals surface area (Å²) < 4.78 is 10.8. The zero-order valence-corrected chi connectivity index (χ0v) is 15.1. The number of rotatable bonds is 8. The Morgan fingerprint density at radius 2 is 2.07 bits per heavy atom. The van der Waals surface area contributed by atoms with Crippen molar-refractivity contribution in [2.45, 2.75) is 26.1 Å². The van der Waals surface area contributed by atoms with Gasteiger partial charge >= 0.3 is 5.97 Å². The number of pyridine rings is 1. The maximum atomic E-state index is 11.0. The molecule has 27 heavy (non-hydrogen) atoms. The molecular formula is C19H20N4O4. The van der Waals surface area contributed by atoms with E-state index in [0.717, 1.165) is 11.1 Å². The van der Waals surface area contributed by atoms with Crippen LogP contribution in [0.15, 0.2) is 53.3 Å². The van der Waals surface area contributed by atoms with Gasteiger partial charge in [0, 0.05) is 30.1 Å². The van der Waals surface area contributed by atoms with E-state index in [2.05, 4.69) is 15.1 Å². The highest BCUT2D eigenvalue weighted by molar-refractivity contribution is 5.72. The van der Waals surface area contributed by atoms with Crippen molar-refractivity contribution in [3.05, 3.63) is 60.2 Å². The second-order valence-corrected chi connectivity index (χ2v) is 6.13. The van der Waals surface area contributed by atoms with Crippen molar-refractivity contribution in [1.82, 2.24) is 20.0 Å². The lowest BCUT2D eigenvalue weighted by Crippen LogP contribution is -2.24. The summed E-state index contributed by atoms with van der Waals surface area (Å²) in [5.74, 6) is 0.506. The molecule has 2 aromatic heterocycles. The largest absolute Gasteiger partial charge is 0.479 e. The van der Waals surface area contributed by atoms with E-state index in [0.29, 0.717) is 30.6 Å². The van der Waals surface area contributed by atoms with E-state index in [1.54, 1.807) is 18.5 Å². The van der Waals surface area contributed by atoms with Crippen molar-refractivity contribution in [3.8, 4) is 17.1 Å². The predicted molar refractivity (Wildman–Crippen MR) is 96.9 cm³/mol. The van der Waals surface area contributed by atoms with Crippen molar-refractivity contribution in [2.75, 3.05) is 7.05 Å². The number of hydrogen-bond donors (Lipinski definition) is 1. The zero-order chi connectivity index (χ0) is 19.2. The number of carboxylic acid groups (broad SMARTS) is 1. The zero-order valence-electron chi connectivity index (χ0n) is 15.1. The van der Waals surface area contributed by atoms with E-state index in [1.165, 1.54) is 6.92 Å². The van der Waals surface area contributed by atoms with Gasteiger partial charge in [0.15, 0.2) is 6.10 Å². The lowest BCUT2D eigenvalue weighted by molar-refractivity contribution is -0.144. The van der Waals surface area contributed by atoms with Gasteiger partial charge in [0.1, 0.15) is 5.75 Å². The fourth-order valence-corrected chi connectivity index (χ4v) is 2.50. The van der Waals surface area contributed by atoms with Crippen molar-refractivity contribution in [3.63, 3.8) is 0 Å². The minimum absolute atomic E-state index is 0.441. The van der Waals surface area contributed by atoms with E-state index in [1.807, 2.05) is 42.3 Å². The van der Waals surface area contributed by atoms with Crippen LogP contribution in [-0.4, -0.2) is 44.3 Å². The van der Waals surface area contributed by atoms with Crippen LogP contribution in [0.25, 0.3) is 11.4 Å². The fourth-order valence-electron chi connectivity index (χ4n) is 2.50. The van der Waals surface area contributed by atoms with E-state index in [4.69, 9.17) is 14.4 Å². The third-order valence-electron chi connectivity index (χ3n) is 3.86. The first-order valence-electron chi connectivity index (χ1n) is 8.42. The molecule has 0 bridgehead atoms. The lowest BCUT2D eigenvalue weighted by Gasteiger charge is -2.18. The van der Waals surface area contributed by atoms with Crippen LogP contribution in [-0.2, 0) is 17.9 Å². The van der Waals surface area contributed by atoms with Gasteiger partial charge in [-0.2, -0.15) is 4.98 Å². The van der Waals surface area contributed by atoms with Crippen LogP contribution in [0, 0.1) is 0 Å². The molecule has 2 heterocycles. The number of para-hydroxylation sites is 1. The van der Waals surface area contributed by atoms with Crippen molar-refractivity contribution < 1.29 is 19.2 Å². The molecule has 0 fully saturated rings. The molecule has 0 spiro atoms. The van der Waals surface area contributed by atoms with Crippen molar-refractivity contribution in [2.24, 2.45) is 0 Å². The van der Waals surface area contributed by atoms with Gasteiger partial charge in [-0.3, -0.25) is 9.88 Å². The summed E-state index contributed by atoms with van der Waals surface area (Å²) >= 11 is 0. The molecule has 0 radical (unpaired) electrons. The Hall–Kier alpha value is -3.26. The SMILES string of the molecule is C[C@@H](Oc1ccccc1CN(C)Cc1nc(-c2cccnc2)no1)C(=O)O. The van der Waals surface area contributed by atoms with E-state index < -0.39 is 12.1 Å². The molecule has 3 aromatic rings. The summed E-state index contributed by atoms with van der Waals surface area (Å²) in [6.07, 6.45) is 2.44. The molecule has 0 aliphatic heterocycles. The third kappa shape index (κ3) is 4.89. The van der Waals surface area contributed by atoms with Gasteiger partial charge in [0.2, 0.25) is 11.7 Å². The van der Waals surface area contributed by atoms with E-state index >= 15 is 0 Å². The Morgan fingerprint density at radius 3 is 2.81 bits per heavy atom. The van der Waals surface area contributed by atoms with Gasteiger partial charge in [-0.1, -0.05) is 23.4 Å². The second kappa shape index (κ2) is 8.41. The van der Waals surface area contributed by atoms with Gasteiger partial charge < -0.3 is 14.4 Å². The van der Waals surface area contributed by atoms with Gasteiger partial charge in [-0.25, -0.2) is 4.79 Å². The molecule has 8 nitrogen and oxygen atoms in total. The van der Waals surface area contributed by atoms with Crippen LogP contribution in [0.2, 0.25) is 0 Å². The number of benzene rings is 1. The number of carboxylic acids is 1. The summed E-state index contributed by atoms with van der Waals surface area (Å²) in [7, 11) is 1.91. The van der Waals surface area contributed by atoms with Gasteiger partial charge in [-0.05, 0) is 32.2 Å². The van der Waals surface area contributed by atoms with Crippen molar-refractivity contribution >= 4 is 5.97 Å². The van der Waals surface area contributed by atoms with Gasteiger partial charge in [-0.15, -0.1) is 0 Å². The number of ether oxygens (including phenoxy) is 1. The van der Waals surface area contributed by atoms with Crippen LogP contribution < -0.4 is 4.74 Å². The summed E-state index contributed by atoms with van der Waals surface area (Å²) in [4.78, 5) is 21.4. The Labute approximate surface area is 156 Å². The molecule has 8 heteroatoms. The first-order valence-corrected chi connectivity index (χ1v) is 8.42. The van der Waals surface area contributed by atoms with Crippen LogP contribution in [0.5, 0.6) is 5.75 Å². The average Bonchev–Trinajstić information content (AvgIpc) is 3.12. The minimum Gasteiger partial charge on any atom is -0.479 e. The Kier molecular flexibility index (Phi) is 5.77. The molecule has 1 atom stereocenters. The Balaban J connectivity index is 1.66. The number of aliphatic carboxylic acids is 1. The van der Waals surface area contributed by atoms with E-state index in [-0.39, 0.29) is 0 Å². The van der Waals surface area contributed by atoms with Gasteiger partial charge in [0.25, 0.3) is 0 Å². The van der Waals surface area contributed by atoms with Crippen LogP contribution in [0.3, 0.4) is 0 Å². The first kappa shape index (κ1) is 18.5. The highest BCUT2D eigenvalue weighted by Crippen LogP contribution is 2.22. The summed E-state index contributed by atoms with van der Waals surface area (Å²) in [5.41, 5.74) is 1.66. The van der Waals surface area contributed by atoms with E-state index in [9.17, 15) is 4.79 Å². The third-order valence-corrected chi connectivity index (χ3v) is 3.86. The molecule has 0 amide bonds. The number of hydrogen-bond acceptors (Lipinski definition) is 7. The number of nitrogens with zero attached hydrogens (tertiary/aromatic N) is 4. The normalized spacial score (nSPS) is 12.1. The van der Waals surface area contributed by atoms with Crippen LogP contribution in [0.1, 0.15) is 18.4 Å². The first-order chi connectivity index (χ1) is 13.0. The average molecular weight is 368 g/mol. The maximum absolute atomic E-state index is 11.0. The predicted octanol–water partition coefficient (Wildman–Crippen LogP) is 2.62. The smallest absolute Gasteiger partial charge is 0.344 e. The van der Waals surface area contributed by atoms with Crippen molar-refractivity contribution in [1.29, 1.82) is 0 Å². The fraction of sp³-hybridized carbons (Fsp3) is 0.263. The summed E-state index contributed by atoms with van der Waals surface area (Å²) in [6.45, 7) is 2.48. The molecule has 0 aliphatic carbocycles. The molecule has 0 saturated carbocycles. The second-order valence-electron chi connectivity index (χ2n) is 6.13. The molecule has 140 valence electrons. The molecule has 3 rings (SSSR count). The minimum atomic E-state index is -1.01. The molecule has 0 aliphatic rings. The number of aromatic nitrogens is 3. The molecule has 1 aromatic carbocycles. The quantitative estimate of drug-likeness (QED) is 0.647. The molecule has 1 N–H and O–H groups in total. The van der Waals surface area contributed by atoms with Crippen LogP contribution >= 0.6 is 0 Å². The van der Waals surface area contributed by atoms with Crippen LogP contribution in [0.4, 0.5) is 0 Å². The molecule has 0 unspecified atom stereocenters. The summed E-state index contributed by atoms with van der Waals surface area (Å²) in [6, 6.07) is 11.0. The topological polar surface area (TPSA) is 102 Å². The lowest BCUT2D eigenvalue weighted by atomic mass is 10.2. The van der Waals surface area contributed by atoms with Gasteiger partial charge in [0.05, 0.1) is 6.54 Å². The summed E-state index contributed by atoms with van der Waals surface area (Å²) in [5, 5.41) is 13.0. The Morgan fingerprint density at radius 1 is 1.26 bits per heavy atom. The Bertz CT molecular complexity index is 897.